The van der Waals surface area contributed by atoms with E-state index >= 15 is 0 Å². The molecule has 4 rings (SSSR count). The summed E-state index contributed by atoms with van der Waals surface area (Å²) in [5.41, 5.74) is 3.91. The van der Waals surface area contributed by atoms with Crippen molar-refractivity contribution >= 4 is 11.7 Å². The van der Waals surface area contributed by atoms with E-state index in [1.54, 1.807) is 0 Å². The fourth-order valence-electron chi connectivity index (χ4n) is 3.72. The molecule has 1 atom stereocenters. The van der Waals surface area contributed by atoms with Crippen molar-refractivity contribution in [2.24, 2.45) is 0 Å². The summed E-state index contributed by atoms with van der Waals surface area (Å²) in [7, 11) is 0. The zero-order valence-electron chi connectivity index (χ0n) is 13.6. The van der Waals surface area contributed by atoms with Gasteiger partial charge in [-0.2, -0.15) is 0 Å². The SMILES string of the molecule is Cc1c(C(=O)N[C@@H]2CCOc3ccccc32)[nH]c2c1C(=O)CCC2. The quantitative estimate of drug-likeness (QED) is 0.892. The van der Waals surface area contributed by atoms with Gasteiger partial charge in [0.2, 0.25) is 0 Å². The maximum atomic E-state index is 12.8. The summed E-state index contributed by atoms with van der Waals surface area (Å²) < 4.78 is 5.64. The first-order chi connectivity index (χ1) is 11.6. The second-order valence-corrected chi connectivity index (χ2v) is 6.46. The van der Waals surface area contributed by atoms with E-state index in [4.69, 9.17) is 4.74 Å². The Bertz CT molecular complexity index is 822. The topological polar surface area (TPSA) is 71.2 Å². The van der Waals surface area contributed by atoms with Gasteiger partial charge in [0.25, 0.3) is 5.91 Å². The van der Waals surface area contributed by atoms with Crippen LogP contribution >= 0.6 is 0 Å². The largest absolute Gasteiger partial charge is 0.493 e. The molecular weight excluding hydrogens is 304 g/mol. The zero-order valence-corrected chi connectivity index (χ0v) is 13.6. The van der Waals surface area contributed by atoms with E-state index in [9.17, 15) is 9.59 Å². The molecule has 0 radical (unpaired) electrons. The molecule has 0 saturated heterocycles. The Morgan fingerprint density at radius 2 is 2.12 bits per heavy atom. The Morgan fingerprint density at radius 3 is 2.96 bits per heavy atom. The summed E-state index contributed by atoms with van der Waals surface area (Å²) in [6.07, 6.45) is 2.98. The number of nitrogens with one attached hydrogen (secondary N) is 2. The molecule has 0 bridgehead atoms. The lowest BCUT2D eigenvalue weighted by atomic mass is 9.93. The molecule has 1 aromatic heterocycles. The first-order valence-electron chi connectivity index (χ1n) is 8.42. The molecule has 0 saturated carbocycles. The highest BCUT2D eigenvalue weighted by atomic mass is 16.5. The van der Waals surface area contributed by atoms with E-state index in [0.29, 0.717) is 18.7 Å². The lowest BCUT2D eigenvalue weighted by Crippen LogP contribution is -2.32. The highest BCUT2D eigenvalue weighted by molar-refractivity contribution is 6.04. The van der Waals surface area contributed by atoms with E-state index in [1.165, 1.54) is 0 Å². The van der Waals surface area contributed by atoms with Crippen molar-refractivity contribution in [3.63, 3.8) is 0 Å². The van der Waals surface area contributed by atoms with Crippen molar-refractivity contribution in [3.05, 3.63) is 52.3 Å². The minimum atomic E-state index is -0.156. The molecule has 2 aromatic rings. The number of para-hydroxylation sites is 1. The van der Waals surface area contributed by atoms with Gasteiger partial charge in [-0.15, -0.1) is 0 Å². The number of ether oxygens (including phenoxy) is 1. The molecule has 1 aliphatic heterocycles. The van der Waals surface area contributed by atoms with Gasteiger partial charge in [0, 0.05) is 29.7 Å². The third-order valence-electron chi connectivity index (χ3n) is 4.93. The molecule has 1 aromatic carbocycles. The molecule has 0 fully saturated rings. The van der Waals surface area contributed by atoms with Gasteiger partial charge >= 0.3 is 0 Å². The van der Waals surface area contributed by atoms with Gasteiger partial charge < -0.3 is 15.0 Å². The Labute approximate surface area is 140 Å². The van der Waals surface area contributed by atoms with Crippen LogP contribution in [0.4, 0.5) is 0 Å². The molecule has 2 N–H and O–H groups in total. The Morgan fingerprint density at radius 1 is 1.29 bits per heavy atom. The number of carbonyl (C=O) groups is 2. The Balaban J connectivity index is 1.61. The molecule has 1 aliphatic carbocycles. The van der Waals surface area contributed by atoms with Gasteiger partial charge in [-0.05, 0) is 31.4 Å². The molecule has 5 heteroatoms. The number of aromatic nitrogens is 1. The molecule has 124 valence electrons. The maximum absolute atomic E-state index is 12.8. The van der Waals surface area contributed by atoms with Crippen LogP contribution in [-0.2, 0) is 6.42 Å². The van der Waals surface area contributed by atoms with E-state index in [0.717, 1.165) is 47.4 Å². The monoisotopic (exact) mass is 324 g/mol. The predicted octanol–water partition coefficient (Wildman–Crippen LogP) is 3.10. The molecule has 2 heterocycles. The smallest absolute Gasteiger partial charge is 0.268 e. The minimum Gasteiger partial charge on any atom is -0.493 e. The molecule has 5 nitrogen and oxygen atoms in total. The van der Waals surface area contributed by atoms with Crippen molar-refractivity contribution in [1.29, 1.82) is 0 Å². The third-order valence-corrected chi connectivity index (χ3v) is 4.93. The average molecular weight is 324 g/mol. The summed E-state index contributed by atoms with van der Waals surface area (Å²) in [5.74, 6) is 0.809. The van der Waals surface area contributed by atoms with E-state index in [1.807, 2.05) is 31.2 Å². The van der Waals surface area contributed by atoms with Crippen LogP contribution < -0.4 is 10.1 Å². The number of aromatic amines is 1. The number of ketones is 1. The second kappa shape index (κ2) is 5.82. The van der Waals surface area contributed by atoms with Gasteiger partial charge in [0.1, 0.15) is 11.4 Å². The first-order valence-corrected chi connectivity index (χ1v) is 8.42. The standard InChI is InChI=1S/C19H20N2O3/c1-11-17-14(6-4-7-15(17)22)20-18(11)19(23)21-13-9-10-24-16-8-3-2-5-12(13)16/h2-3,5,8,13,20H,4,6-7,9-10H2,1H3,(H,21,23)/t13-/m1/s1. The molecule has 24 heavy (non-hydrogen) atoms. The van der Waals surface area contributed by atoms with E-state index in [-0.39, 0.29) is 17.7 Å². The van der Waals surface area contributed by atoms with Gasteiger partial charge in [-0.3, -0.25) is 9.59 Å². The normalized spacial score (nSPS) is 19.2. The number of fused-ring (bicyclic) bond motifs is 2. The Kier molecular flexibility index (Phi) is 3.63. The van der Waals surface area contributed by atoms with Crippen LogP contribution in [-0.4, -0.2) is 23.3 Å². The number of benzene rings is 1. The van der Waals surface area contributed by atoms with Crippen molar-refractivity contribution in [3.8, 4) is 5.75 Å². The highest BCUT2D eigenvalue weighted by Gasteiger charge is 2.28. The summed E-state index contributed by atoms with van der Waals surface area (Å²) in [6.45, 7) is 2.44. The van der Waals surface area contributed by atoms with Crippen LogP contribution in [0.15, 0.2) is 24.3 Å². The van der Waals surface area contributed by atoms with E-state index in [2.05, 4.69) is 10.3 Å². The van der Waals surface area contributed by atoms with Crippen molar-refractivity contribution in [1.82, 2.24) is 10.3 Å². The lowest BCUT2D eigenvalue weighted by Gasteiger charge is -2.26. The Hall–Kier alpha value is -2.56. The summed E-state index contributed by atoms with van der Waals surface area (Å²) in [6, 6.07) is 7.71. The molecule has 1 amide bonds. The van der Waals surface area contributed by atoms with Crippen LogP contribution in [0.3, 0.4) is 0 Å². The van der Waals surface area contributed by atoms with Crippen LogP contribution in [0.5, 0.6) is 5.75 Å². The number of H-pyrrole nitrogens is 1. The van der Waals surface area contributed by atoms with Gasteiger partial charge in [0.15, 0.2) is 5.78 Å². The van der Waals surface area contributed by atoms with Gasteiger partial charge in [-0.1, -0.05) is 18.2 Å². The van der Waals surface area contributed by atoms with Gasteiger partial charge in [0.05, 0.1) is 12.6 Å². The number of aryl methyl sites for hydroxylation is 1. The summed E-state index contributed by atoms with van der Waals surface area (Å²) >= 11 is 0. The number of rotatable bonds is 2. The molecule has 2 aliphatic rings. The van der Waals surface area contributed by atoms with E-state index < -0.39 is 0 Å². The predicted molar refractivity (Wildman–Crippen MR) is 89.6 cm³/mol. The summed E-state index contributed by atoms with van der Waals surface area (Å²) in [4.78, 5) is 28.1. The van der Waals surface area contributed by atoms with Crippen molar-refractivity contribution in [2.45, 2.75) is 38.6 Å². The second-order valence-electron chi connectivity index (χ2n) is 6.46. The van der Waals surface area contributed by atoms with Crippen LogP contribution in [0, 0.1) is 6.92 Å². The fraction of sp³-hybridized carbons (Fsp3) is 0.368. The fourth-order valence-corrected chi connectivity index (χ4v) is 3.72. The van der Waals surface area contributed by atoms with Gasteiger partial charge in [-0.25, -0.2) is 0 Å². The number of Topliss-reactive ketones (excluding diaryl/α,β-unsaturated/α-hetero) is 1. The number of hydrogen-bond donors (Lipinski definition) is 2. The molecule has 0 spiro atoms. The first kappa shape index (κ1) is 15.0. The van der Waals surface area contributed by atoms with Crippen molar-refractivity contribution in [2.75, 3.05) is 6.61 Å². The third kappa shape index (κ3) is 2.40. The molecular formula is C19H20N2O3. The molecule has 0 unspecified atom stereocenters. The minimum absolute atomic E-state index is 0.0714. The number of amides is 1. The number of hydrogen-bond acceptors (Lipinski definition) is 3. The number of carbonyl (C=O) groups excluding carboxylic acids is 2. The zero-order chi connectivity index (χ0) is 16.7. The van der Waals surface area contributed by atoms with Crippen LogP contribution in [0.1, 0.15) is 63.0 Å². The highest BCUT2D eigenvalue weighted by Crippen LogP contribution is 2.32. The lowest BCUT2D eigenvalue weighted by molar-refractivity contribution is 0.0919. The summed E-state index contributed by atoms with van der Waals surface area (Å²) in [5, 5.41) is 3.09. The van der Waals surface area contributed by atoms with Crippen molar-refractivity contribution < 1.29 is 14.3 Å². The average Bonchev–Trinajstić information content (AvgIpc) is 2.93. The van der Waals surface area contributed by atoms with Crippen LogP contribution in [0.2, 0.25) is 0 Å². The maximum Gasteiger partial charge on any atom is 0.268 e. The van der Waals surface area contributed by atoms with Crippen LogP contribution in [0.25, 0.3) is 0 Å².